The van der Waals surface area contributed by atoms with Crippen molar-refractivity contribution in [1.82, 2.24) is 10.4 Å². The number of nitrogens with two attached hydrogens (primary N) is 1. The number of anilines is 1. The second-order valence-electron chi connectivity index (χ2n) is 3.90. The Hall–Kier alpha value is -1.34. The molecule has 0 unspecified atom stereocenters. The van der Waals surface area contributed by atoms with Crippen molar-refractivity contribution in [3.8, 4) is 0 Å². The van der Waals surface area contributed by atoms with E-state index >= 15 is 0 Å². The Morgan fingerprint density at radius 3 is 2.76 bits per heavy atom. The van der Waals surface area contributed by atoms with Crippen molar-refractivity contribution in [3.05, 3.63) is 43.8 Å². The number of nitrogen functional groups attached to an aromatic ring is 1. The minimum atomic E-state index is -0.328. The van der Waals surface area contributed by atoms with Gasteiger partial charge in [0.15, 0.2) is 5.13 Å². The molecule has 21 heavy (non-hydrogen) atoms. The van der Waals surface area contributed by atoms with Crippen molar-refractivity contribution in [2.45, 2.75) is 6.42 Å². The van der Waals surface area contributed by atoms with E-state index in [9.17, 15) is 4.79 Å². The number of hydrogen-bond acceptors (Lipinski definition) is 5. The van der Waals surface area contributed by atoms with Crippen molar-refractivity contribution in [2.24, 2.45) is 5.10 Å². The summed E-state index contributed by atoms with van der Waals surface area (Å²) in [5, 5.41) is 6.94. The second-order valence-corrected chi connectivity index (χ2v) is 5.99. The van der Waals surface area contributed by atoms with E-state index in [1.54, 1.807) is 17.5 Å². The molecule has 0 atom stereocenters. The Kier molecular flexibility index (Phi) is 5.41. The van der Waals surface area contributed by atoms with Crippen molar-refractivity contribution >= 4 is 63.4 Å². The number of thiazole rings is 1. The zero-order valence-corrected chi connectivity index (χ0v) is 13.5. The van der Waals surface area contributed by atoms with Gasteiger partial charge in [-0.25, -0.2) is 10.4 Å². The van der Waals surface area contributed by atoms with Gasteiger partial charge < -0.3 is 5.73 Å². The SMILES string of the molecule is Nc1nc(CC(=O)N/N=C/c2c(Cl)ccc(Cl)c2Cl)cs1. The Bertz CT molecular complexity index is 702. The molecule has 5 nitrogen and oxygen atoms in total. The number of nitrogens with one attached hydrogen (secondary N) is 1. The van der Waals surface area contributed by atoms with E-state index in [2.05, 4.69) is 15.5 Å². The van der Waals surface area contributed by atoms with Crippen LogP contribution in [0.2, 0.25) is 15.1 Å². The van der Waals surface area contributed by atoms with Crippen molar-refractivity contribution < 1.29 is 4.79 Å². The van der Waals surface area contributed by atoms with Crippen LogP contribution in [0.5, 0.6) is 0 Å². The summed E-state index contributed by atoms with van der Waals surface area (Å²) in [6.07, 6.45) is 1.42. The summed E-state index contributed by atoms with van der Waals surface area (Å²) >= 11 is 19.1. The zero-order chi connectivity index (χ0) is 15.4. The first-order chi connectivity index (χ1) is 9.97. The number of benzene rings is 1. The molecule has 110 valence electrons. The number of carbonyl (C=O) groups excluding carboxylic acids is 1. The van der Waals surface area contributed by atoms with Crippen LogP contribution in [0.25, 0.3) is 0 Å². The maximum Gasteiger partial charge on any atom is 0.246 e. The summed E-state index contributed by atoms with van der Waals surface area (Å²) in [5.41, 5.74) is 8.86. The van der Waals surface area contributed by atoms with E-state index in [1.807, 2.05) is 0 Å². The first-order valence-electron chi connectivity index (χ1n) is 5.62. The molecular weight excluding hydrogens is 355 g/mol. The largest absolute Gasteiger partial charge is 0.375 e. The third-order valence-corrected chi connectivity index (χ3v) is 4.24. The number of amides is 1. The molecule has 0 saturated heterocycles. The standard InChI is InChI=1S/C12H9Cl3N4OS/c13-8-1-2-9(14)11(15)7(8)4-17-19-10(20)3-6-5-21-12(16)18-6/h1-2,4-5H,3H2,(H2,16,18)(H,19,20)/b17-4+. The first-order valence-corrected chi connectivity index (χ1v) is 7.64. The van der Waals surface area contributed by atoms with E-state index in [0.717, 1.165) is 0 Å². The van der Waals surface area contributed by atoms with Crippen LogP contribution < -0.4 is 11.2 Å². The van der Waals surface area contributed by atoms with Gasteiger partial charge in [0.2, 0.25) is 5.91 Å². The van der Waals surface area contributed by atoms with Crippen LogP contribution in [0.4, 0.5) is 5.13 Å². The Balaban J connectivity index is 1.99. The highest BCUT2D eigenvalue weighted by atomic mass is 35.5. The molecule has 0 bridgehead atoms. The van der Waals surface area contributed by atoms with E-state index in [1.165, 1.54) is 17.6 Å². The lowest BCUT2D eigenvalue weighted by Crippen LogP contribution is -2.20. The van der Waals surface area contributed by atoms with Gasteiger partial charge in [-0.05, 0) is 12.1 Å². The summed E-state index contributed by atoms with van der Waals surface area (Å²) in [4.78, 5) is 15.6. The van der Waals surface area contributed by atoms with Crippen molar-refractivity contribution in [3.63, 3.8) is 0 Å². The maximum atomic E-state index is 11.7. The Labute approximate surface area is 139 Å². The van der Waals surface area contributed by atoms with Crippen LogP contribution >= 0.6 is 46.1 Å². The fourth-order valence-corrected chi connectivity index (χ4v) is 2.63. The number of hydrazone groups is 1. The summed E-state index contributed by atoms with van der Waals surface area (Å²) in [7, 11) is 0. The molecule has 1 heterocycles. The maximum absolute atomic E-state index is 11.7. The van der Waals surface area contributed by atoms with Crippen LogP contribution in [0.1, 0.15) is 11.3 Å². The number of hydrogen-bond donors (Lipinski definition) is 2. The predicted octanol–water partition coefficient (Wildman–Crippen LogP) is 3.38. The van der Waals surface area contributed by atoms with Gasteiger partial charge in [-0.2, -0.15) is 5.10 Å². The number of nitrogens with zero attached hydrogens (tertiary/aromatic N) is 2. The van der Waals surface area contributed by atoms with E-state index in [0.29, 0.717) is 26.4 Å². The van der Waals surface area contributed by atoms with Gasteiger partial charge in [0.05, 0.1) is 33.4 Å². The fourth-order valence-electron chi connectivity index (χ4n) is 1.44. The van der Waals surface area contributed by atoms with Gasteiger partial charge in [-0.15, -0.1) is 11.3 Å². The van der Waals surface area contributed by atoms with Gasteiger partial charge in [0.1, 0.15) is 0 Å². The smallest absolute Gasteiger partial charge is 0.246 e. The first kappa shape index (κ1) is 16.0. The molecule has 1 amide bonds. The highest BCUT2D eigenvalue weighted by molar-refractivity contribution is 7.13. The van der Waals surface area contributed by atoms with Gasteiger partial charge in [-0.1, -0.05) is 34.8 Å². The monoisotopic (exact) mass is 362 g/mol. The van der Waals surface area contributed by atoms with Crippen LogP contribution in [0.15, 0.2) is 22.6 Å². The Morgan fingerprint density at radius 1 is 1.38 bits per heavy atom. The lowest BCUT2D eigenvalue weighted by Gasteiger charge is -2.03. The molecule has 1 aromatic heterocycles. The van der Waals surface area contributed by atoms with Gasteiger partial charge >= 0.3 is 0 Å². The van der Waals surface area contributed by atoms with E-state index < -0.39 is 0 Å². The number of halogens is 3. The lowest BCUT2D eigenvalue weighted by molar-refractivity contribution is -0.120. The molecule has 9 heteroatoms. The summed E-state index contributed by atoms with van der Waals surface area (Å²) < 4.78 is 0. The lowest BCUT2D eigenvalue weighted by atomic mass is 10.2. The third-order valence-electron chi connectivity index (χ3n) is 2.37. The van der Waals surface area contributed by atoms with Crippen LogP contribution in [-0.4, -0.2) is 17.1 Å². The molecule has 0 radical (unpaired) electrons. The molecule has 1 aromatic carbocycles. The second kappa shape index (κ2) is 7.09. The van der Waals surface area contributed by atoms with Crippen molar-refractivity contribution in [2.75, 3.05) is 5.73 Å². The zero-order valence-electron chi connectivity index (χ0n) is 10.4. The summed E-state index contributed by atoms with van der Waals surface area (Å²) in [6, 6.07) is 3.17. The van der Waals surface area contributed by atoms with Gasteiger partial charge in [0, 0.05) is 10.9 Å². The molecule has 0 spiro atoms. The molecule has 0 aliphatic rings. The topological polar surface area (TPSA) is 80.4 Å². The van der Waals surface area contributed by atoms with E-state index in [-0.39, 0.29) is 17.4 Å². The van der Waals surface area contributed by atoms with Crippen LogP contribution in [-0.2, 0) is 11.2 Å². The molecule has 0 saturated carbocycles. The minimum absolute atomic E-state index is 0.0854. The number of rotatable bonds is 4. The summed E-state index contributed by atoms with van der Waals surface area (Å²) in [5.74, 6) is -0.328. The minimum Gasteiger partial charge on any atom is -0.375 e. The van der Waals surface area contributed by atoms with Gasteiger partial charge in [0.25, 0.3) is 0 Å². The number of carbonyl (C=O) groups is 1. The molecular formula is C12H9Cl3N4OS. The number of aromatic nitrogens is 1. The average Bonchev–Trinajstić information content (AvgIpc) is 2.83. The third kappa shape index (κ3) is 4.31. The normalized spacial score (nSPS) is 11.0. The molecule has 3 N–H and O–H groups in total. The average molecular weight is 364 g/mol. The molecule has 0 fully saturated rings. The molecule has 2 rings (SSSR count). The fraction of sp³-hybridized carbons (Fsp3) is 0.0833. The highest BCUT2D eigenvalue weighted by Crippen LogP contribution is 2.29. The summed E-state index contributed by atoms with van der Waals surface area (Å²) in [6.45, 7) is 0. The Morgan fingerprint density at radius 2 is 2.10 bits per heavy atom. The van der Waals surface area contributed by atoms with Gasteiger partial charge in [-0.3, -0.25) is 4.79 Å². The van der Waals surface area contributed by atoms with Crippen LogP contribution in [0, 0.1) is 0 Å². The highest BCUT2D eigenvalue weighted by Gasteiger charge is 2.08. The molecule has 0 aliphatic heterocycles. The molecule has 0 aliphatic carbocycles. The predicted molar refractivity (Wildman–Crippen MR) is 87.4 cm³/mol. The van der Waals surface area contributed by atoms with Crippen molar-refractivity contribution in [1.29, 1.82) is 0 Å². The quantitative estimate of drug-likeness (QED) is 0.496. The van der Waals surface area contributed by atoms with Crippen LogP contribution in [0.3, 0.4) is 0 Å². The van der Waals surface area contributed by atoms with E-state index in [4.69, 9.17) is 40.5 Å². The molecule has 2 aromatic rings.